The molecule has 1 aliphatic rings. The zero-order valence-electron chi connectivity index (χ0n) is 7.87. The minimum atomic E-state index is -0.0845. The molecule has 0 aromatic heterocycles. The van der Waals surface area contributed by atoms with Gasteiger partial charge in [0, 0.05) is 9.99 Å². The van der Waals surface area contributed by atoms with Crippen LogP contribution < -0.4 is 0 Å². The minimum absolute atomic E-state index is 0.0537. The van der Waals surface area contributed by atoms with E-state index in [0.29, 0.717) is 0 Å². The second-order valence-corrected chi connectivity index (χ2v) is 4.83. The van der Waals surface area contributed by atoms with Gasteiger partial charge in [0.15, 0.2) is 0 Å². The monoisotopic (exact) mass is 302 g/mol. The second-order valence-electron chi connectivity index (χ2n) is 3.59. The quantitative estimate of drug-likeness (QED) is 0.589. The van der Waals surface area contributed by atoms with Gasteiger partial charge in [0.25, 0.3) is 0 Å². The number of hydrogen-bond donors (Lipinski definition) is 0. The molecule has 0 amide bonds. The zero-order valence-corrected chi connectivity index (χ0v) is 10.0. The molecule has 74 valence electrons. The number of cyclic esters (lactones) is 1. The van der Waals surface area contributed by atoms with Crippen LogP contribution in [0.4, 0.5) is 0 Å². The average molecular weight is 302 g/mol. The van der Waals surface area contributed by atoms with Gasteiger partial charge in [-0.2, -0.15) is 0 Å². The van der Waals surface area contributed by atoms with Crippen LogP contribution in [0.2, 0.25) is 0 Å². The maximum absolute atomic E-state index is 11.4. The average Bonchev–Trinajstić information content (AvgIpc) is 2.47. The number of benzene rings is 1. The van der Waals surface area contributed by atoms with Crippen LogP contribution in [0.15, 0.2) is 24.3 Å². The fourth-order valence-corrected chi connectivity index (χ4v) is 2.08. The third-order valence-electron chi connectivity index (χ3n) is 2.44. The Morgan fingerprint density at radius 2 is 2.00 bits per heavy atom. The van der Waals surface area contributed by atoms with Crippen LogP contribution in [-0.4, -0.2) is 12.1 Å². The number of carbonyl (C=O) groups is 1. The Labute approximate surface area is 96.8 Å². The van der Waals surface area contributed by atoms with Crippen molar-refractivity contribution in [2.45, 2.75) is 25.4 Å². The third kappa shape index (κ3) is 1.92. The van der Waals surface area contributed by atoms with Gasteiger partial charge in [0.05, 0.1) is 5.92 Å². The number of esters is 1. The molecule has 2 rings (SSSR count). The maximum Gasteiger partial charge on any atom is 0.313 e. The summed E-state index contributed by atoms with van der Waals surface area (Å²) in [5, 5.41) is 0. The van der Waals surface area contributed by atoms with E-state index in [-0.39, 0.29) is 18.0 Å². The van der Waals surface area contributed by atoms with E-state index >= 15 is 0 Å². The molecule has 1 aliphatic heterocycles. The van der Waals surface area contributed by atoms with Crippen LogP contribution in [0, 0.1) is 3.57 Å². The Morgan fingerprint density at radius 3 is 2.50 bits per heavy atom. The first kappa shape index (κ1) is 9.96. The van der Waals surface area contributed by atoms with Crippen molar-refractivity contribution in [1.29, 1.82) is 0 Å². The molecule has 2 unspecified atom stereocenters. The summed E-state index contributed by atoms with van der Waals surface area (Å²) in [4.78, 5) is 11.4. The van der Waals surface area contributed by atoms with Gasteiger partial charge in [0.1, 0.15) is 6.10 Å². The standard InChI is InChI=1S/C11H11IO2/c1-7-6-10(11(13)14-7)8-2-4-9(12)5-3-8/h2-5,7,10H,6H2,1H3. The van der Waals surface area contributed by atoms with Crippen molar-refractivity contribution >= 4 is 28.6 Å². The summed E-state index contributed by atoms with van der Waals surface area (Å²) >= 11 is 2.25. The third-order valence-corrected chi connectivity index (χ3v) is 3.16. The molecule has 0 aliphatic carbocycles. The van der Waals surface area contributed by atoms with Crippen LogP contribution in [0.3, 0.4) is 0 Å². The summed E-state index contributed by atoms with van der Waals surface area (Å²) < 4.78 is 6.30. The number of carbonyl (C=O) groups excluding carboxylic acids is 1. The topological polar surface area (TPSA) is 26.3 Å². The van der Waals surface area contributed by atoms with E-state index in [9.17, 15) is 4.79 Å². The van der Waals surface area contributed by atoms with Gasteiger partial charge in [-0.05, 0) is 47.2 Å². The largest absolute Gasteiger partial charge is 0.462 e. The molecule has 14 heavy (non-hydrogen) atoms. The summed E-state index contributed by atoms with van der Waals surface area (Å²) in [6, 6.07) is 8.05. The van der Waals surface area contributed by atoms with Gasteiger partial charge in [-0.3, -0.25) is 4.79 Å². The lowest BCUT2D eigenvalue weighted by Crippen LogP contribution is -2.05. The Kier molecular flexibility index (Phi) is 2.76. The van der Waals surface area contributed by atoms with Gasteiger partial charge in [0.2, 0.25) is 0 Å². The van der Waals surface area contributed by atoms with Gasteiger partial charge in [-0.15, -0.1) is 0 Å². The van der Waals surface area contributed by atoms with Crippen LogP contribution in [0.1, 0.15) is 24.8 Å². The predicted molar refractivity (Wildman–Crippen MR) is 62.1 cm³/mol. The van der Waals surface area contributed by atoms with Crippen molar-refractivity contribution in [2.75, 3.05) is 0 Å². The first-order valence-corrected chi connectivity index (χ1v) is 5.70. The molecule has 1 fully saturated rings. The molecule has 1 heterocycles. The van der Waals surface area contributed by atoms with E-state index in [1.165, 1.54) is 3.57 Å². The van der Waals surface area contributed by atoms with Crippen molar-refractivity contribution in [3.8, 4) is 0 Å². The highest BCUT2D eigenvalue weighted by atomic mass is 127. The SMILES string of the molecule is CC1CC(c2ccc(I)cc2)C(=O)O1. The molecule has 2 nitrogen and oxygen atoms in total. The Hall–Kier alpha value is -0.580. The zero-order chi connectivity index (χ0) is 10.1. The summed E-state index contributed by atoms with van der Waals surface area (Å²) in [6.45, 7) is 1.94. The van der Waals surface area contributed by atoms with E-state index in [1.54, 1.807) is 0 Å². The minimum Gasteiger partial charge on any atom is -0.462 e. The summed E-state index contributed by atoms with van der Waals surface area (Å²) in [5.41, 5.74) is 1.07. The van der Waals surface area contributed by atoms with Crippen LogP contribution in [0.5, 0.6) is 0 Å². The lowest BCUT2D eigenvalue weighted by Gasteiger charge is -2.04. The highest BCUT2D eigenvalue weighted by molar-refractivity contribution is 14.1. The van der Waals surface area contributed by atoms with Crippen LogP contribution in [-0.2, 0) is 9.53 Å². The fourth-order valence-electron chi connectivity index (χ4n) is 1.72. The number of halogens is 1. The Morgan fingerprint density at radius 1 is 1.36 bits per heavy atom. The van der Waals surface area contributed by atoms with Crippen molar-refractivity contribution < 1.29 is 9.53 Å². The first-order chi connectivity index (χ1) is 6.66. The summed E-state index contributed by atoms with van der Waals surface area (Å²) in [6.07, 6.45) is 0.867. The molecule has 0 spiro atoms. The summed E-state index contributed by atoms with van der Waals surface area (Å²) in [5.74, 6) is -0.138. The van der Waals surface area contributed by atoms with Gasteiger partial charge < -0.3 is 4.74 Å². The molecule has 0 saturated carbocycles. The lowest BCUT2D eigenvalue weighted by atomic mass is 9.96. The predicted octanol–water partition coefficient (Wildman–Crippen LogP) is 2.71. The molecule has 0 bridgehead atoms. The van der Waals surface area contributed by atoms with E-state index in [0.717, 1.165) is 12.0 Å². The van der Waals surface area contributed by atoms with E-state index < -0.39 is 0 Å². The Balaban J connectivity index is 2.23. The van der Waals surface area contributed by atoms with E-state index in [2.05, 4.69) is 22.6 Å². The van der Waals surface area contributed by atoms with Gasteiger partial charge in [-0.25, -0.2) is 0 Å². The molecule has 3 heteroatoms. The van der Waals surface area contributed by atoms with Gasteiger partial charge >= 0.3 is 5.97 Å². The maximum atomic E-state index is 11.4. The van der Waals surface area contributed by atoms with Crippen molar-refractivity contribution in [1.82, 2.24) is 0 Å². The number of rotatable bonds is 1. The lowest BCUT2D eigenvalue weighted by molar-refractivity contribution is -0.141. The molecule has 2 atom stereocenters. The van der Waals surface area contributed by atoms with Crippen molar-refractivity contribution in [2.24, 2.45) is 0 Å². The molecule has 1 aromatic rings. The first-order valence-electron chi connectivity index (χ1n) is 4.63. The summed E-state index contributed by atoms with van der Waals surface area (Å²) in [7, 11) is 0. The number of ether oxygens (including phenoxy) is 1. The second kappa shape index (κ2) is 3.88. The fraction of sp³-hybridized carbons (Fsp3) is 0.364. The molecule has 1 aromatic carbocycles. The molecular formula is C11H11IO2. The molecular weight excluding hydrogens is 291 g/mol. The van der Waals surface area contributed by atoms with Crippen LogP contribution >= 0.6 is 22.6 Å². The van der Waals surface area contributed by atoms with E-state index in [4.69, 9.17) is 4.74 Å². The van der Waals surface area contributed by atoms with Gasteiger partial charge in [-0.1, -0.05) is 12.1 Å². The highest BCUT2D eigenvalue weighted by Gasteiger charge is 2.32. The number of hydrogen-bond acceptors (Lipinski definition) is 2. The Bertz CT molecular complexity index is 345. The van der Waals surface area contributed by atoms with Crippen molar-refractivity contribution in [3.63, 3.8) is 0 Å². The molecule has 0 N–H and O–H groups in total. The van der Waals surface area contributed by atoms with Crippen LogP contribution in [0.25, 0.3) is 0 Å². The molecule has 1 saturated heterocycles. The van der Waals surface area contributed by atoms with E-state index in [1.807, 2.05) is 31.2 Å². The normalized spacial score (nSPS) is 26.3. The molecule has 0 radical (unpaired) electrons. The smallest absolute Gasteiger partial charge is 0.313 e. The van der Waals surface area contributed by atoms with Crippen molar-refractivity contribution in [3.05, 3.63) is 33.4 Å². The highest BCUT2D eigenvalue weighted by Crippen LogP contribution is 2.30.